The van der Waals surface area contributed by atoms with Crippen LogP contribution in [0.2, 0.25) is 0 Å². The van der Waals surface area contributed by atoms with Crippen molar-refractivity contribution in [3.63, 3.8) is 0 Å². The SMILES string of the molecule is CC(OC(=O)CCC(=O)c1cccs1)c1nc2ccccc2s1. The standard InChI is InChI=1S/C17H15NO3S2/c1-11(17-18-12-5-2-3-6-14(12)23-17)21-16(20)9-8-13(19)15-7-4-10-22-15/h2-7,10-11H,8-9H2,1H3. The summed E-state index contributed by atoms with van der Waals surface area (Å²) >= 11 is 2.90. The van der Waals surface area contributed by atoms with Gasteiger partial charge in [-0.1, -0.05) is 18.2 Å². The van der Waals surface area contributed by atoms with E-state index in [0.717, 1.165) is 15.2 Å². The van der Waals surface area contributed by atoms with Crippen molar-refractivity contribution >= 4 is 44.6 Å². The fraction of sp³-hybridized carbons (Fsp3) is 0.235. The van der Waals surface area contributed by atoms with Gasteiger partial charge in [0.1, 0.15) is 5.01 Å². The minimum Gasteiger partial charge on any atom is -0.455 e. The molecule has 1 unspecified atom stereocenters. The Hall–Kier alpha value is -2.05. The second-order valence-electron chi connectivity index (χ2n) is 5.05. The number of hydrogen-bond donors (Lipinski definition) is 0. The van der Waals surface area contributed by atoms with Crippen molar-refractivity contribution in [1.29, 1.82) is 0 Å². The first-order chi connectivity index (χ1) is 11.1. The minimum absolute atomic E-state index is 0.0235. The van der Waals surface area contributed by atoms with Gasteiger partial charge < -0.3 is 4.74 Å². The molecule has 0 spiro atoms. The molecular weight excluding hydrogens is 330 g/mol. The Kier molecular flexibility index (Phi) is 4.83. The minimum atomic E-state index is -0.406. The summed E-state index contributed by atoms with van der Waals surface area (Å²) in [7, 11) is 0. The van der Waals surface area contributed by atoms with Gasteiger partial charge in [0, 0.05) is 6.42 Å². The molecule has 0 N–H and O–H groups in total. The number of carbonyl (C=O) groups is 2. The highest BCUT2D eigenvalue weighted by Crippen LogP contribution is 2.28. The molecule has 0 radical (unpaired) electrons. The van der Waals surface area contributed by atoms with Gasteiger partial charge in [0.05, 0.1) is 21.5 Å². The van der Waals surface area contributed by atoms with Crippen molar-refractivity contribution in [3.05, 3.63) is 51.7 Å². The fourth-order valence-corrected chi connectivity index (χ4v) is 3.79. The number of benzene rings is 1. The molecule has 0 aliphatic heterocycles. The maximum Gasteiger partial charge on any atom is 0.306 e. The average Bonchev–Trinajstić information content (AvgIpc) is 3.21. The fourth-order valence-electron chi connectivity index (χ4n) is 2.15. The maximum absolute atomic E-state index is 11.9. The lowest BCUT2D eigenvalue weighted by atomic mass is 10.2. The van der Waals surface area contributed by atoms with E-state index < -0.39 is 6.10 Å². The highest BCUT2D eigenvalue weighted by molar-refractivity contribution is 7.18. The molecular formula is C17H15NO3S2. The van der Waals surface area contributed by atoms with Gasteiger partial charge in [0.25, 0.3) is 0 Å². The van der Waals surface area contributed by atoms with Gasteiger partial charge in [0.2, 0.25) is 0 Å². The van der Waals surface area contributed by atoms with Crippen LogP contribution >= 0.6 is 22.7 Å². The van der Waals surface area contributed by atoms with Gasteiger partial charge in [-0.2, -0.15) is 0 Å². The zero-order chi connectivity index (χ0) is 16.2. The van der Waals surface area contributed by atoms with Crippen LogP contribution in [0.25, 0.3) is 10.2 Å². The molecule has 0 aliphatic rings. The van der Waals surface area contributed by atoms with Crippen LogP contribution in [-0.4, -0.2) is 16.7 Å². The molecule has 1 aromatic carbocycles. The van der Waals surface area contributed by atoms with Crippen LogP contribution in [0.3, 0.4) is 0 Å². The second kappa shape index (κ2) is 7.02. The summed E-state index contributed by atoms with van der Waals surface area (Å²) in [6.07, 6.45) is -0.144. The predicted octanol–water partition coefficient (Wildman–Crippen LogP) is 4.63. The Morgan fingerprint density at radius 1 is 1.17 bits per heavy atom. The van der Waals surface area contributed by atoms with E-state index in [9.17, 15) is 9.59 Å². The monoisotopic (exact) mass is 345 g/mol. The van der Waals surface area contributed by atoms with Crippen molar-refractivity contribution in [1.82, 2.24) is 4.98 Å². The number of esters is 1. The summed E-state index contributed by atoms with van der Waals surface area (Å²) < 4.78 is 6.46. The Morgan fingerprint density at radius 2 is 2.00 bits per heavy atom. The summed E-state index contributed by atoms with van der Waals surface area (Å²) in [5, 5.41) is 2.62. The molecule has 4 nitrogen and oxygen atoms in total. The van der Waals surface area contributed by atoms with Crippen LogP contribution in [0.4, 0.5) is 0 Å². The zero-order valence-corrected chi connectivity index (χ0v) is 14.2. The van der Waals surface area contributed by atoms with Gasteiger partial charge >= 0.3 is 5.97 Å². The quantitative estimate of drug-likeness (QED) is 0.483. The first kappa shape index (κ1) is 15.8. The molecule has 0 fully saturated rings. The third kappa shape index (κ3) is 3.83. The first-order valence-electron chi connectivity index (χ1n) is 7.25. The van der Waals surface area contributed by atoms with Crippen molar-refractivity contribution < 1.29 is 14.3 Å². The smallest absolute Gasteiger partial charge is 0.306 e. The third-order valence-corrected chi connectivity index (χ3v) is 5.43. The number of ether oxygens (including phenoxy) is 1. The van der Waals surface area contributed by atoms with Crippen molar-refractivity contribution in [2.75, 3.05) is 0 Å². The molecule has 0 amide bonds. The molecule has 0 bridgehead atoms. The van der Waals surface area contributed by atoms with Crippen LogP contribution in [-0.2, 0) is 9.53 Å². The van der Waals surface area contributed by atoms with Gasteiger partial charge in [-0.25, -0.2) is 4.98 Å². The number of para-hydroxylation sites is 1. The number of hydrogen-bond acceptors (Lipinski definition) is 6. The molecule has 0 aliphatic carbocycles. The molecule has 118 valence electrons. The molecule has 3 aromatic rings. The lowest BCUT2D eigenvalue weighted by molar-refractivity contribution is -0.148. The lowest BCUT2D eigenvalue weighted by Gasteiger charge is -2.10. The number of Topliss-reactive ketones (excluding diaryl/α,β-unsaturated/α-hetero) is 1. The highest BCUT2D eigenvalue weighted by Gasteiger charge is 2.17. The molecule has 6 heteroatoms. The molecule has 3 rings (SSSR count). The van der Waals surface area contributed by atoms with E-state index >= 15 is 0 Å². The molecule has 2 heterocycles. The van der Waals surface area contributed by atoms with E-state index in [1.165, 1.54) is 22.7 Å². The predicted molar refractivity (Wildman–Crippen MR) is 92.0 cm³/mol. The van der Waals surface area contributed by atoms with Crippen molar-refractivity contribution in [2.45, 2.75) is 25.9 Å². The molecule has 1 atom stereocenters. The van der Waals surface area contributed by atoms with Crippen LogP contribution in [0, 0.1) is 0 Å². The third-order valence-electron chi connectivity index (χ3n) is 3.32. The maximum atomic E-state index is 11.9. The average molecular weight is 345 g/mol. The first-order valence-corrected chi connectivity index (χ1v) is 8.95. The van der Waals surface area contributed by atoms with Gasteiger partial charge in [-0.3, -0.25) is 9.59 Å². The molecule has 0 saturated carbocycles. The van der Waals surface area contributed by atoms with Gasteiger partial charge in [0.15, 0.2) is 11.9 Å². The van der Waals surface area contributed by atoms with Crippen molar-refractivity contribution in [2.24, 2.45) is 0 Å². The van der Waals surface area contributed by atoms with E-state index in [1.807, 2.05) is 35.7 Å². The second-order valence-corrected chi connectivity index (χ2v) is 7.06. The summed E-state index contributed by atoms with van der Waals surface area (Å²) in [6.45, 7) is 1.80. The number of ketones is 1. The molecule has 2 aromatic heterocycles. The normalized spacial score (nSPS) is 12.2. The van der Waals surface area contributed by atoms with Crippen LogP contribution in [0.1, 0.15) is 40.5 Å². The van der Waals surface area contributed by atoms with E-state index in [0.29, 0.717) is 4.88 Å². The van der Waals surface area contributed by atoms with E-state index in [1.54, 1.807) is 13.0 Å². The van der Waals surface area contributed by atoms with Crippen LogP contribution in [0.15, 0.2) is 41.8 Å². The summed E-state index contributed by atoms with van der Waals surface area (Å²) in [5.41, 5.74) is 0.906. The molecule has 0 saturated heterocycles. The number of thiazole rings is 1. The topological polar surface area (TPSA) is 56.3 Å². The largest absolute Gasteiger partial charge is 0.455 e. The lowest BCUT2D eigenvalue weighted by Crippen LogP contribution is -2.10. The Bertz CT molecular complexity index is 790. The number of rotatable bonds is 6. The van der Waals surface area contributed by atoms with Crippen molar-refractivity contribution in [3.8, 4) is 0 Å². The summed E-state index contributed by atoms with van der Waals surface area (Å²) in [6, 6.07) is 11.4. The van der Waals surface area contributed by atoms with E-state index in [-0.39, 0.29) is 24.6 Å². The van der Waals surface area contributed by atoms with Gasteiger partial charge in [-0.05, 0) is 30.5 Å². The highest BCUT2D eigenvalue weighted by atomic mass is 32.1. The number of thiophene rings is 1. The van der Waals surface area contributed by atoms with E-state index in [2.05, 4.69) is 4.98 Å². The molecule has 23 heavy (non-hydrogen) atoms. The zero-order valence-electron chi connectivity index (χ0n) is 12.5. The van der Waals surface area contributed by atoms with Gasteiger partial charge in [-0.15, -0.1) is 22.7 Å². The Labute approximate surface area is 141 Å². The summed E-state index contributed by atoms with van der Waals surface area (Å²) in [4.78, 5) is 29.0. The number of carbonyl (C=O) groups excluding carboxylic acids is 2. The van der Waals surface area contributed by atoms with Crippen LogP contribution < -0.4 is 0 Å². The van der Waals surface area contributed by atoms with E-state index in [4.69, 9.17) is 4.74 Å². The summed E-state index contributed by atoms with van der Waals surface area (Å²) in [5.74, 6) is -0.397. The Morgan fingerprint density at radius 3 is 2.74 bits per heavy atom. The number of fused-ring (bicyclic) bond motifs is 1. The number of nitrogens with zero attached hydrogens (tertiary/aromatic N) is 1. The Balaban J connectivity index is 1.55. The van der Waals surface area contributed by atoms with Crippen LogP contribution in [0.5, 0.6) is 0 Å². The number of aromatic nitrogens is 1.